The number of carbonyl (C=O) groups is 1. The Morgan fingerprint density at radius 1 is 1.47 bits per heavy atom. The first kappa shape index (κ1) is 13.8. The highest BCUT2D eigenvalue weighted by atomic mass is 32.2. The zero-order chi connectivity index (χ0) is 13.7. The summed E-state index contributed by atoms with van der Waals surface area (Å²) in [7, 11) is 0. The Hall–Kier alpha value is -1.66. The molecular weight excluding hydrogens is 278 g/mol. The third-order valence-corrected chi connectivity index (χ3v) is 4.31. The second-order valence-electron chi connectivity index (χ2n) is 3.74. The summed E-state index contributed by atoms with van der Waals surface area (Å²) in [4.78, 5) is 12.1. The van der Waals surface area contributed by atoms with E-state index < -0.39 is 0 Å². The molecule has 98 valence electrons. The Bertz CT molecular complexity index is 595. The van der Waals surface area contributed by atoms with Crippen molar-refractivity contribution in [1.82, 2.24) is 10.2 Å². The van der Waals surface area contributed by atoms with E-state index in [1.165, 1.54) is 11.3 Å². The molecule has 4 nitrogen and oxygen atoms in total. The van der Waals surface area contributed by atoms with Crippen LogP contribution in [0.25, 0.3) is 0 Å². The van der Waals surface area contributed by atoms with Gasteiger partial charge in [-0.05, 0) is 18.6 Å². The van der Waals surface area contributed by atoms with E-state index in [-0.39, 0.29) is 5.91 Å². The number of benzene rings is 1. The van der Waals surface area contributed by atoms with Crippen molar-refractivity contribution in [3.05, 3.63) is 48.0 Å². The fraction of sp³-hybridized carbons (Fsp3) is 0.154. The maximum absolute atomic E-state index is 12.1. The minimum atomic E-state index is -0.158. The van der Waals surface area contributed by atoms with Gasteiger partial charge in [-0.25, -0.2) is 0 Å². The second-order valence-corrected chi connectivity index (χ2v) is 5.99. The molecule has 0 aliphatic rings. The van der Waals surface area contributed by atoms with Crippen LogP contribution in [0.15, 0.2) is 41.3 Å². The van der Waals surface area contributed by atoms with Crippen LogP contribution in [0.3, 0.4) is 0 Å². The number of carbonyl (C=O) groups excluding carboxylic acids is 1. The Kier molecular flexibility index (Phi) is 4.70. The molecule has 1 aromatic carbocycles. The normalized spacial score (nSPS) is 10.2. The van der Waals surface area contributed by atoms with Crippen molar-refractivity contribution in [2.24, 2.45) is 0 Å². The van der Waals surface area contributed by atoms with Crippen molar-refractivity contribution in [2.75, 3.05) is 11.1 Å². The summed E-state index contributed by atoms with van der Waals surface area (Å²) in [5, 5.41) is 11.2. The summed E-state index contributed by atoms with van der Waals surface area (Å²) < 4.78 is 0.819. The number of hydrogen-bond acceptors (Lipinski definition) is 5. The van der Waals surface area contributed by atoms with Gasteiger partial charge in [0.1, 0.15) is 0 Å². The van der Waals surface area contributed by atoms with E-state index in [9.17, 15) is 4.79 Å². The van der Waals surface area contributed by atoms with Crippen molar-refractivity contribution in [3.63, 3.8) is 0 Å². The van der Waals surface area contributed by atoms with Crippen LogP contribution < -0.4 is 5.32 Å². The van der Waals surface area contributed by atoms with Gasteiger partial charge in [-0.1, -0.05) is 47.4 Å². The van der Waals surface area contributed by atoms with E-state index >= 15 is 0 Å². The highest BCUT2D eigenvalue weighted by molar-refractivity contribution is 8.01. The number of hydrogen-bond donors (Lipinski definition) is 1. The Morgan fingerprint density at radius 2 is 2.26 bits per heavy atom. The average molecular weight is 291 g/mol. The van der Waals surface area contributed by atoms with Crippen LogP contribution in [0.5, 0.6) is 0 Å². The van der Waals surface area contributed by atoms with Crippen molar-refractivity contribution >= 4 is 34.1 Å². The van der Waals surface area contributed by atoms with Crippen LogP contribution >= 0.6 is 23.1 Å². The predicted molar refractivity (Wildman–Crippen MR) is 80.0 cm³/mol. The summed E-state index contributed by atoms with van der Waals surface area (Å²) in [6.07, 6.45) is 1.80. The van der Waals surface area contributed by atoms with Gasteiger partial charge in [0.05, 0.1) is 0 Å². The molecule has 0 bridgehead atoms. The summed E-state index contributed by atoms with van der Waals surface area (Å²) in [5.74, 6) is 0.620. The Balaban J connectivity index is 2.05. The van der Waals surface area contributed by atoms with Crippen molar-refractivity contribution in [3.8, 4) is 0 Å². The molecule has 0 radical (unpaired) electrons. The number of nitrogens with one attached hydrogen (secondary N) is 1. The summed E-state index contributed by atoms with van der Waals surface area (Å²) in [5.41, 5.74) is 1.59. The standard InChI is InChI=1S/C13H13N3OS2/c1-3-8-18-13-16-15-12(19-13)14-11(17)10-7-5-4-6-9(10)2/h3-7H,1,8H2,2H3,(H,14,15,17). The smallest absolute Gasteiger partial charge is 0.257 e. The van der Waals surface area contributed by atoms with Crippen LogP contribution in [0.2, 0.25) is 0 Å². The van der Waals surface area contributed by atoms with Gasteiger partial charge in [0.2, 0.25) is 5.13 Å². The lowest BCUT2D eigenvalue weighted by atomic mass is 10.1. The van der Waals surface area contributed by atoms with E-state index in [1.54, 1.807) is 23.9 Å². The number of nitrogens with zero attached hydrogens (tertiary/aromatic N) is 2. The molecular formula is C13H13N3OS2. The van der Waals surface area contributed by atoms with Crippen molar-refractivity contribution in [1.29, 1.82) is 0 Å². The molecule has 0 atom stereocenters. The lowest BCUT2D eigenvalue weighted by Gasteiger charge is -2.03. The fourth-order valence-electron chi connectivity index (χ4n) is 1.44. The molecule has 19 heavy (non-hydrogen) atoms. The quantitative estimate of drug-likeness (QED) is 0.521. The average Bonchev–Trinajstić information content (AvgIpc) is 2.84. The van der Waals surface area contributed by atoms with Gasteiger partial charge in [-0.15, -0.1) is 16.8 Å². The zero-order valence-corrected chi connectivity index (χ0v) is 12.1. The highest BCUT2D eigenvalue weighted by Crippen LogP contribution is 2.25. The van der Waals surface area contributed by atoms with Crippen LogP contribution in [-0.2, 0) is 0 Å². The lowest BCUT2D eigenvalue weighted by molar-refractivity contribution is 0.102. The summed E-state index contributed by atoms with van der Waals surface area (Å²) in [6, 6.07) is 7.44. The van der Waals surface area contributed by atoms with Crippen LogP contribution in [-0.4, -0.2) is 21.9 Å². The van der Waals surface area contributed by atoms with Gasteiger partial charge in [0, 0.05) is 11.3 Å². The van der Waals surface area contributed by atoms with Gasteiger partial charge >= 0.3 is 0 Å². The van der Waals surface area contributed by atoms with E-state index in [0.29, 0.717) is 10.7 Å². The number of aromatic nitrogens is 2. The molecule has 1 heterocycles. The number of amides is 1. The fourth-order valence-corrected chi connectivity index (χ4v) is 2.95. The first-order valence-electron chi connectivity index (χ1n) is 5.65. The molecule has 1 N–H and O–H groups in total. The predicted octanol–water partition coefficient (Wildman–Crippen LogP) is 3.38. The highest BCUT2D eigenvalue weighted by Gasteiger charge is 2.11. The Labute approximate surface area is 120 Å². The molecule has 0 saturated heterocycles. The molecule has 0 aliphatic heterocycles. The van der Waals surface area contributed by atoms with Gasteiger partial charge in [-0.3, -0.25) is 10.1 Å². The molecule has 0 unspecified atom stereocenters. The third kappa shape index (κ3) is 3.65. The SMILES string of the molecule is C=CCSc1nnc(NC(=O)c2ccccc2C)s1. The topological polar surface area (TPSA) is 54.9 Å². The van der Waals surface area contributed by atoms with Crippen LogP contribution in [0, 0.1) is 6.92 Å². The summed E-state index contributed by atoms with van der Waals surface area (Å²) >= 11 is 2.91. The molecule has 6 heteroatoms. The number of aryl methyl sites for hydroxylation is 1. The molecule has 0 fully saturated rings. The molecule has 0 aliphatic carbocycles. The maximum atomic E-state index is 12.1. The van der Waals surface area contributed by atoms with Crippen LogP contribution in [0.1, 0.15) is 15.9 Å². The first-order valence-corrected chi connectivity index (χ1v) is 7.45. The van der Waals surface area contributed by atoms with Gasteiger partial charge < -0.3 is 0 Å². The van der Waals surface area contributed by atoms with Gasteiger partial charge in [0.25, 0.3) is 5.91 Å². The largest absolute Gasteiger partial charge is 0.296 e. The molecule has 2 aromatic rings. The molecule has 0 spiro atoms. The number of anilines is 1. The molecule has 1 aromatic heterocycles. The van der Waals surface area contributed by atoms with E-state index in [1.807, 2.05) is 25.1 Å². The summed E-state index contributed by atoms with van der Waals surface area (Å²) in [6.45, 7) is 5.55. The second kappa shape index (κ2) is 6.49. The van der Waals surface area contributed by atoms with Crippen molar-refractivity contribution in [2.45, 2.75) is 11.3 Å². The molecule has 0 saturated carbocycles. The minimum Gasteiger partial charge on any atom is -0.296 e. The number of rotatable bonds is 5. The molecule has 2 rings (SSSR count). The Morgan fingerprint density at radius 3 is 3.00 bits per heavy atom. The molecule has 1 amide bonds. The lowest BCUT2D eigenvalue weighted by Crippen LogP contribution is -2.12. The van der Waals surface area contributed by atoms with Crippen molar-refractivity contribution < 1.29 is 4.79 Å². The first-order chi connectivity index (χ1) is 9.20. The zero-order valence-electron chi connectivity index (χ0n) is 10.4. The van der Waals surface area contributed by atoms with E-state index in [2.05, 4.69) is 22.1 Å². The third-order valence-electron chi connectivity index (χ3n) is 2.34. The monoisotopic (exact) mass is 291 g/mol. The van der Waals surface area contributed by atoms with Crippen LogP contribution in [0.4, 0.5) is 5.13 Å². The minimum absolute atomic E-state index is 0.158. The van der Waals surface area contributed by atoms with Gasteiger partial charge in [0.15, 0.2) is 4.34 Å². The number of thioether (sulfide) groups is 1. The van der Waals surface area contributed by atoms with Gasteiger partial charge in [-0.2, -0.15) is 0 Å². The maximum Gasteiger partial charge on any atom is 0.257 e. The van der Waals surface area contributed by atoms with E-state index in [4.69, 9.17) is 0 Å². The van der Waals surface area contributed by atoms with E-state index in [0.717, 1.165) is 15.7 Å².